The number of hydrogen-bond donors (Lipinski definition) is 2. The summed E-state index contributed by atoms with van der Waals surface area (Å²) >= 11 is 0. The van der Waals surface area contributed by atoms with E-state index in [4.69, 9.17) is 10.9 Å². The van der Waals surface area contributed by atoms with Crippen LogP contribution in [-0.2, 0) is 12.4 Å². The van der Waals surface area contributed by atoms with Crippen molar-refractivity contribution in [2.75, 3.05) is 0 Å². The molecular weight excluding hydrogens is 522 g/mol. The Morgan fingerprint density at radius 2 is 1.21 bits per heavy atom. The van der Waals surface area contributed by atoms with E-state index in [1.165, 1.54) is 12.1 Å². The SMILES string of the molecule is C/C(=N/O)c1cccc(-c2cccc(C(F)(F)F)c2)n1.CC(N)c1cccc(-c2cccc(C(F)(F)F)c2)n1. The summed E-state index contributed by atoms with van der Waals surface area (Å²) in [4.78, 5) is 8.45. The first-order valence-corrected chi connectivity index (χ1v) is 11.5. The van der Waals surface area contributed by atoms with Crippen LogP contribution >= 0.6 is 0 Å². The van der Waals surface area contributed by atoms with Gasteiger partial charge in [-0.1, -0.05) is 41.6 Å². The Labute approximate surface area is 220 Å². The van der Waals surface area contributed by atoms with E-state index >= 15 is 0 Å². The van der Waals surface area contributed by atoms with Crippen molar-refractivity contribution in [3.8, 4) is 22.5 Å². The van der Waals surface area contributed by atoms with E-state index in [1.807, 2.05) is 0 Å². The van der Waals surface area contributed by atoms with Gasteiger partial charge in [-0.3, -0.25) is 4.98 Å². The van der Waals surface area contributed by atoms with Crippen LogP contribution in [0.1, 0.15) is 42.4 Å². The monoisotopic (exact) mass is 546 g/mol. The molecule has 0 saturated carbocycles. The predicted molar refractivity (Wildman–Crippen MR) is 136 cm³/mol. The van der Waals surface area contributed by atoms with Crippen LogP contribution in [0.15, 0.2) is 90.1 Å². The number of aromatic nitrogens is 2. The van der Waals surface area contributed by atoms with Crippen LogP contribution in [0.2, 0.25) is 0 Å². The Morgan fingerprint density at radius 1 is 0.744 bits per heavy atom. The topological polar surface area (TPSA) is 84.4 Å². The number of nitrogens with zero attached hydrogens (tertiary/aromatic N) is 3. The van der Waals surface area contributed by atoms with Gasteiger partial charge < -0.3 is 10.9 Å². The molecule has 2 aromatic heterocycles. The summed E-state index contributed by atoms with van der Waals surface area (Å²) in [5.41, 5.74) is 7.31. The maximum absolute atomic E-state index is 12.7. The van der Waals surface area contributed by atoms with Gasteiger partial charge in [-0.2, -0.15) is 26.3 Å². The molecule has 0 aliphatic carbocycles. The van der Waals surface area contributed by atoms with Gasteiger partial charge in [-0.15, -0.1) is 0 Å². The van der Waals surface area contributed by atoms with E-state index < -0.39 is 23.5 Å². The van der Waals surface area contributed by atoms with E-state index in [0.29, 0.717) is 39.6 Å². The third-order valence-electron chi connectivity index (χ3n) is 5.48. The highest BCUT2D eigenvalue weighted by molar-refractivity contribution is 5.96. The molecule has 0 aliphatic rings. The summed E-state index contributed by atoms with van der Waals surface area (Å²) < 4.78 is 76.0. The van der Waals surface area contributed by atoms with Gasteiger partial charge in [-0.25, -0.2) is 4.98 Å². The van der Waals surface area contributed by atoms with Gasteiger partial charge in [0, 0.05) is 17.2 Å². The van der Waals surface area contributed by atoms with Crippen LogP contribution in [0.4, 0.5) is 26.3 Å². The van der Waals surface area contributed by atoms with Crippen molar-refractivity contribution >= 4 is 5.71 Å². The van der Waals surface area contributed by atoms with Crippen molar-refractivity contribution in [1.29, 1.82) is 0 Å². The lowest BCUT2D eigenvalue weighted by molar-refractivity contribution is -0.138. The first-order valence-electron chi connectivity index (χ1n) is 11.5. The number of benzene rings is 2. The second-order valence-electron chi connectivity index (χ2n) is 8.49. The number of nitrogens with two attached hydrogens (primary N) is 1. The summed E-state index contributed by atoms with van der Waals surface area (Å²) in [6, 6.07) is 19.8. The quantitative estimate of drug-likeness (QED) is 0.119. The Morgan fingerprint density at radius 3 is 1.67 bits per heavy atom. The number of pyridine rings is 2. The minimum atomic E-state index is -4.39. The molecule has 3 N–H and O–H groups in total. The van der Waals surface area contributed by atoms with Gasteiger partial charge in [0.15, 0.2) is 0 Å². The van der Waals surface area contributed by atoms with E-state index in [1.54, 1.807) is 62.4 Å². The largest absolute Gasteiger partial charge is 0.416 e. The maximum Gasteiger partial charge on any atom is 0.416 e. The standard InChI is InChI=1S/C14H11F3N2O.C14H13F3N2/c1-9(19-20)12-6-3-7-13(18-12)10-4-2-5-11(8-10)14(15,16)17;1-9(18)12-6-3-7-13(19-12)10-4-2-5-11(8-10)14(15,16)17/h2-8,20H,1H3;2-9H,18H2,1H3/b19-9-;. The van der Waals surface area contributed by atoms with Crippen molar-refractivity contribution in [1.82, 2.24) is 9.97 Å². The lowest BCUT2D eigenvalue weighted by Gasteiger charge is -2.10. The summed E-state index contributed by atoms with van der Waals surface area (Å²) in [7, 11) is 0. The molecule has 2 heterocycles. The van der Waals surface area contributed by atoms with Crippen LogP contribution in [-0.4, -0.2) is 20.9 Å². The number of alkyl halides is 6. The highest BCUT2D eigenvalue weighted by atomic mass is 19.4. The van der Waals surface area contributed by atoms with Gasteiger partial charge >= 0.3 is 12.4 Å². The minimum Gasteiger partial charge on any atom is -0.411 e. The predicted octanol–water partition coefficient (Wildman–Crippen LogP) is 7.75. The first kappa shape index (κ1) is 29.3. The highest BCUT2D eigenvalue weighted by Crippen LogP contribution is 2.33. The van der Waals surface area contributed by atoms with Crippen molar-refractivity contribution in [2.45, 2.75) is 32.2 Å². The fourth-order valence-corrected chi connectivity index (χ4v) is 3.42. The van der Waals surface area contributed by atoms with E-state index in [0.717, 1.165) is 24.3 Å². The average molecular weight is 547 g/mol. The van der Waals surface area contributed by atoms with E-state index in [9.17, 15) is 26.3 Å². The molecule has 2 aromatic carbocycles. The molecule has 0 spiro atoms. The van der Waals surface area contributed by atoms with Crippen LogP contribution in [0.3, 0.4) is 0 Å². The Hall–Kier alpha value is -4.25. The molecule has 4 rings (SSSR count). The van der Waals surface area contributed by atoms with Gasteiger partial charge in [0.1, 0.15) is 5.71 Å². The molecule has 1 atom stereocenters. The fraction of sp³-hybridized carbons (Fsp3) is 0.179. The Bertz CT molecular complexity index is 1450. The molecule has 0 saturated heterocycles. The third-order valence-corrected chi connectivity index (χ3v) is 5.48. The summed E-state index contributed by atoms with van der Waals surface area (Å²) in [6.45, 7) is 3.33. The highest BCUT2D eigenvalue weighted by Gasteiger charge is 2.31. The van der Waals surface area contributed by atoms with Crippen molar-refractivity contribution in [2.24, 2.45) is 10.9 Å². The van der Waals surface area contributed by atoms with Gasteiger partial charge in [0.2, 0.25) is 0 Å². The fourth-order valence-electron chi connectivity index (χ4n) is 3.42. The van der Waals surface area contributed by atoms with Crippen LogP contribution in [0, 0.1) is 0 Å². The summed E-state index contributed by atoms with van der Waals surface area (Å²) in [5, 5.41) is 11.7. The van der Waals surface area contributed by atoms with Gasteiger partial charge in [0.25, 0.3) is 0 Å². The van der Waals surface area contributed by atoms with E-state index in [-0.39, 0.29) is 6.04 Å². The molecule has 1 unspecified atom stereocenters. The van der Waals surface area contributed by atoms with Crippen LogP contribution in [0.25, 0.3) is 22.5 Å². The Balaban J connectivity index is 0.000000216. The van der Waals surface area contributed by atoms with Crippen molar-refractivity contribution in [3.63, 3.8) is 0 Å². The molecule has 0 radical (unpaired) electrons. The smallest absolute Gasteiger partial charge is 0.411 e. The van der Waals surface area contributed by atoms with Gasteiger partial charge in [-0.05, 0) is 62.4 Å². The van der Waals surface area contributed by atoms with Crippen LogP contribution in [0.5, 0.6) is 0 Å². The summed E-state index contributed by atoms with van der Waals surface area (Å²) in [5.74, 6) is 0. The molecule has 0 bridgehead atoms. The molecule has 5 nitrogen and oxygen atoms in total. The minimum absolute atomic E-state index is 0.259. The Kier molecular flexibility index (Phi) is 9.08. The zero-order valence-corrected chi connectivity index (χ0v) is 20.8. The zero-order chi connectivity index (χ0) is 28.8. The second-order valence-corrected chi connectivity index (χ2v) is 8.49. The molecule has 0 fully saturated rings. The molecule has 11 heteroatoms. The molecule has 204 valence electrons. The van der Waals surface area contributed by atoms with Crippen molar-refractivity contribution < 1.29 is 31.5 Å². The number of oxime groups is 1. The van der Waals surface area contributed by atoms with Crippen LogP contribution < -0.4 is 5.73 Å². The molecule has 0 aliphatic heterocycles. The molecule has 4 aromatic rings. The number of rotatable bonds is 4. The second kappa shape index (κ2) is 12.1. The number of hydrogen-bond acceptors (Lipinski definition) is 5. The third kappa shape index (κ3) is 7.87. The molecule has 0 amide bonds. The molecule has 39 heavy (non-hydrogen) atoms. The summed E-state index contributed by atoms with van der Waals surface area (Å²) in [6.07, 6.45) is -8.75. The number of halogens is 6. The van der Waals surface area contributed by atoms with Crippen molar-refractivity contribution in [3.05, 3.63) is 107 Å². The lowest BCUT2D eigenvalue weighted by atomic mass is 10.1. The average Bonchev–Trinajstić information content (AvgIpc) is 2.92. The zero-order valence-electron chi connectivity index (χ0n) is 20.8. The first-order chi connectivity index (χ1) is 18.3. The molecular formula is C28H24F6N4O. The maximum atomic E-state index is 12.7. The normalized spacial score (nSPS) is 12.9. The van der Waals surface area contributed by atoms with Gasteiger partial charge in [0.05, 0.1) is 33.9 Å². The van der Waals surface area contributed by atoms with E-state index in [2.05, 4.69) is 15.1 Å². The lowest BCUT2D eigenvalue weighted by Crippen LogP contribution is -2.08.